The number of nitrogens with one attached hydrogen (secondary N) is 1. The van der Waals surface area contributed by atoms with Crippen LogP contribution < -0.4 is 5.32 Å². The summed E-state index contributed by atoms with van der Waals surface area (Å²) < 4.78 is 5.08. The largest absolute Gasteiger partial charge is 0.384 e. The van der Waals surface area contributed by atoms with Gasteiger partial charge in [0.25, 0.3) is 0 Å². The van der Waals surface area contributed by atoms with Crippen LogP contribution >= 0.6 is 0 Å². The lowest BCUT2D eigenvalue weighted by molar-refractivity contribution is 0.129. The van der Waals surface area contributed by atoms with Gasteiger partial charge in [0, 0.05) is 13.7 Å². The van der Waals surface area contributed by atoms with E-state index in [2.05, 4.69) is 19.2 Å². The first-order chi connectivity index (χ1) is 4.72. The van der Waals surface area contributed by atoms with E-state index in [9.17, 15) is 0 Å². The lowest BCUT2D eigenvalue weighted by Gasteiger charge is -2.18. The second kappa shape index (κ2) is 5.69. The highest BCUT2D eigenvalue weighted by atomic mass is 16.5. The Hall–Kier alpha value is -0.0800. The maximum Gasteiger partial charge on any atom is 0.0505 e. The molecule has 62 valence electrons. The zero-order chi connectivity index (χ0) is 7.98. The predicted molar refractivity (Wildman–Crippen MR) is 44.1 cm³/mol. The molecule has 2 nitrogen and oxygen atoms in total. The molecule has 0 radical (unpaired) electrons. The standard InChI is InChI=1S/C8H19NO/c1-7(2)8(5-9-3)6-10-4/h7-9H,5-6H2,1-4H3. The molecule has 0 aromatic heterocycles. The summed E-state index contributed by atoms with van der Waals surface area (Å²) in [5.41, 5.74) is 0. The number of rotatable bonds is 5. The second-order valence-electron chi connectivity index (χ2n) is 3.02. The normalized spacial score (nSPS) is 14.1. The highest BCUT2D eigenvalue weighted by molar-refractivity contribution is 4.63. The maximum atomic E-state index is 5.08. The molecule has 0 amide bonds. The zero-order valence-corrected chi connectivity index (χ0v) is 7.48. The van der Waals surface area contributed by atoms with Crippen molar-refractivity contribution in [1.29, 1.82) is 0 Å². The third kappa shape index (κ3) is 3.85. The summed E-state index contributed by atoms with van der Waals surface area (Å²) in [7, 11) is 3.73. The van der Waals surface area contributed by atoms with Gasteiger partial charge in [-0.3, -0.25) is 0 Å². The Labute approximate surface area is 64.0 Å². The van der Waals surface area contributed by atoms with Crippen LogP contribution in [0.4, 0.5) is 0 Å². The minimum absolute atomic E-state index is 0.648. The van der Waals surface area contributed by atoms with E-state index in [1.165, 1.54) is 0 Å². The van der Waals surface area contributed by atoms with E-state index in [4.69, 9.17) is 4.74 Å². The van der Waals surface area contributed by atoms with Crippen LogP contribution in [0.3, 0.4) is 0 Å². The van der Waals surface area contributed by atoms with Crippen LogP contribution in [-0.4, -0.2) is 27.3 Å². The molecule has 0 heterocycles. The highest BCUT2D eigenvalue weighted by Gasteiger charge is 2.10. The molecule has 0 aromatic carbocycles. The molecule has 2 heteroatoms. The van der Waals surface area contributed by atoms with Gasteiger partial charge >= 0.3 is 0 Å². The maximum absolute atomic E-state index is 5.08. The van der Waals surface area contributed by atoms with E-state index in [-0.39, 0.29) is 0 Å². The van der Waals surface area contributed by atoms with Crippen LogP contribution in [0.2, 0.25) is 0 Å². The molecule has 0 spiro atoms. The average Bonchev–Trinajstić information content (AvgIpc) is 1.87. The molecule has 10 heavy (non-hydrogen) atoms. The van der Waals surface area contributed by atoms with Gasteiger partial charge in [-0.05, 0) is 18.9 Å². The molecule has 0 bridgehead atoms. The predicted octanol–water partition coefficient (Wildman–Crippen LogP) is 1.12. The van der Waals surface area contributed by atoms with Crippen molar-refractivity contribution in [3.05, 3.63) is 0 Å². The van der Waals surface area contributed by atoms with Gasteiger partial charge in [-0.1, -0.05) is 13.8 Å². The molecule has 0 saturated heterocycles. The molecule has 1 unspecified atom stereocenters. The highest BCUT2D eigenvalue weighted by Crippen LogP contribution is 2.08. The average molecular weight is 145 g/mol. The fourth-order valence-corrected chi connectivity index (χ4v) is 0.963. The molecule has 0 fully saturated rings. The van der Waals surface area contributed by atoms with E-state index in [0.29, 0.717) is 11.8 Å². The Bertz CT molecular complexity index is 67.7. The summed E-state index contributed by atoms with van der Waals surface area (Å²) in [6, 6.07) is 0. The van der Waals surface area contributed by atoms with Crippen molar-refractivity contribution in [2.24, 2.45) is 11.8 Å². The van der Waals surface area contributed by atoms with Gasteiger partial charge in [-0.15, -0.1) is 0 Å². The Morgan fingerprint density at radius 3 is 2.30 bits per heavy atom. The molecule has 1 atom stereocenters. The molecular weight excluding hydrogens is 126 g/mol. The monoisotopic (exact) mass is 145 g/mol. The van der Waals surface area contributed by atoms with Crippen LogP contribution in [0.1, 0.15) is 13.8 Å². The number of hydrogen-bond acceptors (Lipinski definition) is 2. The van der Waals surface area contributed by atoms with Crippen molar-refractivity contribution >= 4 is 0 Å². The summed E-state index contributed by atoms with van der Waals surface area (Å²) >= 11 is 0. The third-order valence-electron chi connectivity index (χ3n) is 1.79. The Morgan fingerprint density at radius 2 is 2.00 bits per heavy atom. The Kier molecular flexibility index (Phi) is 5.64. The molecule has 0 aliphatic heterocycles. The van der Waals surface area contributed by atoms with E-state index in [1.54, 1.807) is 7.11 Å². The minimum atomic E-state index is 0.648. The van der Waals surface area contributed by atoms with Crippen LogP contribution in [0, 0.1) is 11.8 Å². The van der Waals surface area contributed by atoms with Gasteiger partial charge < -0.3 is 10.1 Å². The number of hydrogen-bond donors (Lipinski definition) is 1. The van der Waals surface area contributed by atoms with Crippen LogP contribution in [0.5, 0.6) is 0 Å². The summed E-state index contributed by atoms with van der Waals surface area (Å²) in [6.45, 7) is 6.35. The summed E-state index contributed by atoms with van der Waals surface area (Å²) in [4.78, 5) is 0. The SMILES string of the molecule is CNCC(COC)C(C)C. The Morgan fingerprint density at radius 1 is 1.40 bits per heavy atom. The van der Waals surface area contributed by atoms with Crippen molar-refractivity contribution in [2.45, 2.75) is 13.8 Å². The summed E-state index contributed by atoms with van der Waals surface area (Å²) in [5.74, 6) is 1.35. The van der Waals surface area contributed by atoms with Gasteiger partial charge in [-0.25, -0.2) is 0 Å². The van der Waals surface area contributed by atoms with Crippen molar-refractivity contribution in [3.8, 4) is 0 Å². The van der Waals surface area contributed by atoms with Crippen molar-refractivity contribution in [3.63, 3.8) is 0 Å². The minimum Gasteiger partial charge on any atom is -0.384 e. The Balaban J connectivity index is 3.50. The first-order valence-corrected chi connectivity index (χ1v) is 3.86. The van der Waals surface area contributed by atoms with E-state index in [0.717, 1.165) is 13.2 Å². The van der Waals surface area contributed by atoms with Gasteiger partial charge in [0.15, 0.2) is 0 Å². The third-order valence-corrected chi connectivity index (χ3v) is 1.79. The summed E-state index contributed by atoms with van der Waals surface area (Å²) in [5, 5.41) is 3.15. The molecule has 0 aliphatic rings. The van der Waals surface area contributed by atoms with Crippen molar-refractivity contribution < 1.29 is 4.74 Å². The first-order valence-electron chi connectivity index (χ1n) is 3.86. The quantitative estimate of drug-likeness (QED) is 0.626. The fourth-order valence-electron chi connectivity index (χ4n) is 0.963. The van der Waals surface area contributed by atoms with Gasteiger partial charge in [0.1, 0.15) is 0 Å². The lowest BCUT2D eigenvalue weighted by atomic mass is 9.97. The molecule has 0 aromatic rings. The van der Waals surface area contributed by atoms with Gasteiger partial charge in [0.2, 0.25) is 0 Å². The second-order valence-corrected chi connectivity index (χ2v) is 3.02. The molecule has 0 saturated carbocycles. The van der Waals surface area contributed by atoms with Gasteiger partial charge in [-0.2, -0.15) is 0 Å². The number of methoxy groups -OCH3 is 1. The van der Waals surface area contributed by atoms with Crippen LogP contribution in [-0.2, 0) is 4.74 Å². The molecular formula is C8H19NO. The molecule has 0 aliphatic carbocycles. The summed E-state index contributed by atoms with van der Waals surface area (Å²) in [6.07, 6.45) is 0. The molecule has 0 rings (SSSR count). The first kappa shape index (κ1) is 9.92. The lowest BCUT2D eigenvalue weighted by Crippen LogP contribution is -2.26. The topological polar surface area (TPSA) is 21.3 Å². The van der Waals surface area contributed by atoms with Crippen LogP contribution in [0.15, 0.2) is 0 Å². The van der Waals surface area contributed by atoms with Crippen molar-refractivity contribution in [1.82, 2.24) is 5.32 Å². The van der Waals surface area contributed by atoms with E-state index >= 15 is 0 Å². The van der Waals surface area contributed by atoms with E-state index < -0.39 is 0 Å². The van der Waals surface area contributed by atoms with Crippen LogP contribution in [0.25, 0.3) is 0 Å². The molecule has 1 N–H and O–H groups in total. The fraction of sp³-hybridized carbons (Fsp3) is 1.00. The zero-order valence-electron chi connectivity index (χ0n) is 7.48. The van der Waals surface area contributed by atoms with Crippen molar-refractivity contribution in [2.75, 3.05) is 27.3 Å². The smallest absolute Gasteiger partial charge is 0.0505 e. The van der Waals surface area contributed by atoms with E-state index in [1.807, 2.05) is 7.05 Å². The van der Waals surface area contributed by atoms with Gasteiger partial charge in [0.05, 0.1) is 6.61 Å². The number of ether oxygens (including phenoxy) is 1.